The first-order valence-corrected chi connectivity index (χ1v) is 6.03. The number of carbonyl (C=O) groups excluding carboxylic acids is 2. The van der Waals surface area contributed by atoms with E-state index < -0.39 is 5.97 Å². The Labute approximate surface area is 113 Å². The fourth-order valence-corrected chi connectivity index (χ4v) is 1.73. The summed E-state index contributed by atoms with van der Waals surface area (Å²) in [7, 11) is 1.46. The van der Waals surface area contributed by atoms with Crippen LogP contribution in [0.5, 0.6) is 11.5 Å². The highest BCUT2D eigenvalue weighted by Crippen LogP contribution is 2.32. The Morgan fingerprint density at radius 1 is 1.44 bits per heavy atom. The van der Waals surface area contributed by atoms with E-state index in [0.717, 1.165) is 0 Å². The molecule has 6 heteroatoms. The van der Waals surface area contributed by atoms with Gasteiger partial charge in [-0.1, -0.05) is 0 Å². The number of carboxylic acids is 1. The Bertz CT molecular complexity index is 444. The summed E-state index contributed by atoms with van der Waals surface area (Å²) >= 11 is 3.23. The molecule has 0 unspecified atom stereocenters. The van der Waals surface area contributed by atoms with Crippen LogP contribution in [0.25, 0.3) is 0 Å². The van der Waals surface area contributed by atoms with Crippen LogP contribution >= 0.6 is 15.9 Å². The fourth-order valence-electron chi connectivity index (χ4n) is 1.31. The average Bonchev–Trinajstić information content (AvgIpc) is 2.34. The van der Waals surface area contributed by atoms with Gasteiger partial charge in [-0.05, 0) is 40.9 Å². The largest absolute Gasteiger partial charge is 0.550 e. The van der Waals surface area contributed by atoms with Gasteiger partial charge in [0.05, 0.1) is 13.7 Å². The van der Waals surface area contributed by atoms with Crippen molar-refractivity contribution < 1.29 is 24.2 Å². The monoisotopic (exact) mass is 315 g/mol. The zero-order valence-electron chi connectivity index (χ0n) is 9.77. The van der Waals surface area contributed by atoms with Crippen molar-refractivity contribution in [2.24, 2.45) is 0 Å². The van der Waals surface area contributed by atoms with Gasteiger partial charge in [0.15, 0.2) is 17.8 Å². The molecule has 1 aromatic rings. The SMILES string of the molecule is COc1cc(C=O)c(Br)cc1OCCCC(=O)[O-]. The molecule has 18 heavy (non-hydrogen) atoms. The lowest BCUT2D eigenvalue weighted by molar-refractivity contribution is -0.305. The molecule has 0 N–H and O–H groups in total. The highest BCUT2D eigenvalue weighted by atomic mass is 79.9. The zero-order valence-corrected chi connectivity index (χ0v) is 11.4. The molecule has 0 bridgehead atoms. The normalized spacial score (nSPS) is 9.89. The van der Waals surface area contributed by atoms with E-state index in [1.165, 1.54) is 7.11 Å². The van der Waals surface area contributed by atoms with Crippen LogP contribution < -0.4 is 14.6 Å². The van der Waals surface area contributed by atoms with Crippen molar-refractivity contribution in [3.8, 4) is 11.5 Å². The molecule has 0 aliphatic rings. The maximum absolute atomic E-state index is 10.7. The number of carboxylic acid groups (broad SMARTS) is 1. The summed E-state index contributed by atoms with van der Waals surface area (Å²) in [5.41, 5.74) is 0.453. The van der Waals surface area contributed by atoms with Crippen molar-refractivity contribution in [2.75, 3.05) is 13.7 Å². The molecule has 0 spiro atoms. The highest BCUT2D eigenvalue weighted by molar-refractivity contribution is 9.10. The zero-order chi connectivity index (χ0) is 13.5. The van der Waals surface area contributed by atoms with Gasteiger partial charge in [-0.3, -0.25) is 4.79 Å². The maximum Gasteiger partial charge on any atom is 0.162 e. The molecule has 0 amide bonds. The number of aliphatic carboxylic acids is 1. The van der Waals surface area contributed by atoms with Crippen LogP contribution in [0.4, 0.5) is 0 Å². The molecule has 0 fully saturated rings. The maximum atomic E-state index is 10.7. The third-order valence-electron chi connectivity index (χ3n) is 2.19. The summed E-state index contributed by atoms with van der Waals surface area (Å²) in [6.45, 7) is 0.233. The molecule has 0 saturated carbocycles. The predicted octanol–water partition coefficient (Wildman–Crippen LogP) is 1.18. The molecule has 0 atom stereocenters. The van der Waals surface area contributed by atoms with Gasteiger partial charge < -0.3 is 19.4 Å². The second kappa shape index (κ2) is 7.00. The van der Waals surface area contributed by atoms with E-state index in [9.17, 15) is 14.7 Å². The Morgan fingerprint density at radius 2 is 2.17 bits per heavy atom. The summed E-state index contributed by atoms with van der Waals surface area (Å²) in [6, 6.07) is 3.16. The number of aldehydes is 1. The molecule has 0 saturated heterocycles. The van der Waals surface area contributed by atoms with Gasteiger partial charge in [0, 0.05) is 16.0 Å². The van der Waals surface area contributed by atoms with Crippen LogP contribution in [-0.4, -0.2) is 26.0 Å². The smallest absolute Gasteiger partial charge is 0.162 e. The quantitative estimate of drug-likeness (QED) is 0.558. The molecule has 5 nitrogen and oxygen atoms in total. The Balaban J connectivity index is 2.72. The molecule has 0 radical (unpaired) electrons. The van der Waals surface area contributed by atoms with E-state index in [1.54, 1.807) is 12.1 Å². The Kier molecular flexibility index (Phi) is 5.64. The minimum absolute atomic E-state index is 0.0596. The molecule has 1 aromatic carbocycles. The van der Waals surface area contributed by atoms with E-state index >= 15 is 0 Å². The third kappa shape index (κ3) is 4.03. The van der Waals surface area contributed by atoms with Crippen molar-refractivity contribution >= 4 is 28.2 Å². The van der Waals surface area contributed by atoms with Gasteiger partial charge in [0.1, 0.15) is 0 Å². The number of halogens is 1. The van der Waals surface area contributed by atoms with Crippen molar-refractivity contribution in [1.82, 2.24) is 0 Å². The summed E-state index contributed by atoms with van der Waals surface area (Å²) in [4.78, 5) is 21.0. The van der Waals surface area contributed by atoms with Crippen LogP contribution in [0.2, 0.25) is 0 Å². The first-order valence-electron chi connectivity index (χ1n) is 5.24. The van der Waals surface area contributed by atoms with E-state index in [0.29, 0.717) is 34.2 Å². The number of rotatable bonds is 7. The first-order chi connectivity index (χ1) is 8.58. The molecular formula is C12H12BrO5-. The summed E-state index contributed by atoms with van der Waals surface area (Å²) in [5.74, 6) is -0.231. The highest BCUT2D eigenvalue weighted by Gasteiger charge is 2.09. The number of carbonyl (C=O) groups is 2. The van der Waals surface area contributed by atoms with Crippen LogP contribution in [-0.2, 0) is 4.79 Å². The molecule has 1 rings (SSSR count). The molecular weight excluding hydrogens is 304 g/mol. The molecule has 98 valence electrons. The molecule has 0 aliphatic heterocycles. The lowest BCUT2D eigenvalue weighted by atomic mass is 10.2. The van der Waals surface area contributed by atoms with Crippen molar-refractivity contribution in [2.45, 2.75) is 12.8 Å². The van der Waals surface area contributed by atoms with Gasteiger partial charge in [0.2, 0.25) is 0 Å². The molecule has 0 heterocycles. The van der Waals surface area contributed by atoms with Gasteiger partial charge in [0.25, 0.3) is 0 Å². The Morgan fingerprint density at radius 3 is 2.72 bits per heavy atom. The third-order valence-corrected chi connectivity index (χ3v) is 2.88. The van der Waals surface area contributed by atoms with E-state index in [2.05, 4.69) is 15.9 Å². The number of methoxy groups -OCH3 is 1. The standard InChI is InChI=1S/C12H13BrO5/c1-17-10-5-8(7-14)9(13)6-11(10)18-4-2-3-12(15)16/h5-7H,2-4H2,1H3,(H,15,16)/p-1. The van der Waals surface area contributed by atoms with Crippen molar-refractivity contribution in [3.05, 3.63) is 22.2 Å². The van der Waals surface area contributed by atoms with Crippen LogP contribution in [0.15, 0.2) is 16.6 Å². The van der Waals surface area contributed by atoms with E-state index in [1.807, 2.05) is 0 Å². The molecule has 0 aromatic heterocycles. The second-order valence-corrected chi connectivity index (χ2v) is 4.32. The number of benzene rings is 1. The topological polar surface area (TPSA) is 75.7 Å². The number of hydrogen-bond acceptors (Lipinski definition) is 5. The minimum atomic E-state index is -1.11. The lowest BCUT2D eigenvalue weighted by Crippen LogP contribution is -2.22. The van der Waals surface area contributed by atoms with Crippen LogP contribution in [0.3, 0.4) is 0 Å². The average molecular weight is 316 g/mol. The van der Waals surface area contributed by atoms with Crippen molar-refractivity contribution in [1.29, 1.82) is 0 Å². The summed E-state index contributed by atoms with van der Waals surface area (Å²) < 4.78 is 11.1. The van der Waals surface area contributed by atoms with Gasteiger partial charge in [-0.15, -0.1) is 0 Å². The lowest BCUT2D eigenvalue weighted by Gasteiger charge is -2.12. The van der Waals surface area contributed by atoms with Crippen molar-refractivity contribution in [3.63, 3.8) is 0 Å². The van der Waals surface area contributed by atoms with E-state index in [-0.39, 0.29) is 13.0 Å². The first kappa shape index (κ1) is 14.5. The number of hydrogen-bond donors (Lipinski definition) is 0. The predicted molar refractivity (Wildman–Crippen MR) is 65.8 cm³/mol. The fraction of sp³-hybridized carbons (Fsp3) is 0.333. The van der Waals surface area contributed by atoms with E-state index in [4.69, 9.17) is 9.47 Å². The summed E-state index contributed by atoms with van der Waals surface area (Å²) in [5, 5.41) is 10.2. The Hall–Kier alpha value is -1.56. The van der Waals surface area contributed by atoms with Crippen LogP contribution in [0, 0.1) is 0 Å². The summed E-state index contributed by atoms with van der Waals surface area (Å²) in [6.07, 6.45) is 0.987. The van der Waals surface area contributed by atoms with Gasteiger partial charge >= 0.3 is 0 Å². The van der Waals surface area contributed by atoms with Gasteiger partial charge in [-0.2, -0.15) is 0 Å². The van der Waals surface area contributed by atoms with Crippen LogP contribution in [0.1, 0.15) is 23.2 Å². The molecule has 0 aliphatic carbocycles. The minimum Gasteiger partial charge on any atom is -0.550 e. The van der Waals surface area contributed by atoms with Gasteiger partial charge in [-0.25, -0.2) is 0 Å². The number of ether oxygens (including phenoxy) is 2. The second-order valence-electron chi connectivity index (χ2n) is 3.47.